The normalized spacial score (nSPS) is 34.2. The summed E-state index contributed by atoms with van der Waals surface area (Å²) in [6, 6.07) is 7.17. The minimum atomic E-state index is -0.359. The van der Waals surface area contributed by atoms with Crippen molar-refractivity contribution in [1.82, 2.24) is 20.7 Å². The largest absolute Gasteiger partial charge is 0.389 e. The number of benzene rings is 1. The Bertz CT molecular complexity index is 605. The van der Waals surface area contributed by atoms with Crippen LogP contribution in [-0.2, 0) is 4.74 Å². The number of hydrazine groups is 1. The first-order valence-corrected chi connectivity index (χ1v) is 9.67. The number of rotatable bonds is 4. The molecular weight excluding hydrogens is 335 g/mol. The van der Waals surface area contributed by atoms with E-state index in [-0.39, 0.29) is 24.0 Å². The fourth-order valence-corrected chi connectivity index (χ4v) is 4.48. The van der Waals surface area contributed by atoms with Crippen LogP contribution in [0.4, 0.5) is 4.39 Å². The summed E-state index contributed by atoms with van der Waals surface area (Å²) in [4.78, 5) is 4.89. The molecule has 0 aromatic heterocycles. The van der Waals surface area contributed by atoms with Crippen molar-refractivity contribution in [2.45, 2.75) is 24.6 Å². The molecule has 2 unspecified atom stereocenters. The maximum Gasteiger partial charge on any atom is 0.123 e. The summed E-state index contributed by atoms with van der Waals surface area (Å²) >= 11 is 0. The standard InChI is InChI=1S/C19H29FN4O2/c20-16-4-1-3-14(9-16)19-15(10-21-22-19)11-23-5-2-6-24(8-7-23)17-12-26-13-18(17)25/h1,3-4,9,15,17-19,21-22,25H,2,5-8,10-13H2/t15?,17-,18-,19?/m1/s1. The van der Waals surface area contributed by atoms with Gasteiger partial charge >= 0.3 is 0 Å². The Balaban J connectivity index is 1.35. The van der Waals surface area contributed by atoms with Crippen LogP contribution in [-0.4, -0.2) is 79.5 Å². The average molecular weight is 364 g/mol. The molecule has 144 valence electrons. The van der Waals surface area contributed by atoms with Crippen molar-refractivity contribution in [2.24, 2.45) is 5.92 Å². The van der Waals surface area contributed by atoms with E-state index in [1.807, 2.05) is 6.07 Å². The molecule has 1 aromatic carbocycles. The van der Waals surface area contributed by atoms with Crippen molar-refractivity contribution in [1.29, 1.82) is 0 Å². The molecule has 4 atom stereocenters. The van der Waals surface area contributed by atoms with E-state index >= 15 is 0 Å². The SMILES string of the molecule is O[C@@H]1COC[C@H]1N1CCCN(CC2CNNC2c2cccc(F)c2)CC1. The highest BCUT2D eigenvalue weighted by molar-refractivity contribution is 5.22. The van der Waals surface area contributed by atoms with Crippen LogP contribution in [0.25, 0.3) is 0 Å². The molecule has 0 spiro atoms. The van der Waals surface area contributed by atoms with E-state index in [2.05, 4.69) is 20.7 Å². The molecule has 3 fully saturated rings. The van der Waals surface area contributed by atoms with Gasteiger partial charge in [-0.3, -0.25) is 10.3 Å². The van der Waals surface area contributed by atoms with Crippen LogP contribution in [0.3, 0.4) is 0 Å². The van der Waals surface area contributed by atoms with E-state index in [1.165, 1.54) is 6.07 Å². The van der Waals surface area contributed by atoms with Gasteiger partial charge in [0.2, 0.25) is 0 Å². The molecule has 3 aliphatic heterocycles. The zero-order valence-electron chi connectivity index (χ0n) is 15.1. The minimum Gasteiger partial charge on any atom is -0.389 e. The van der Waals surface area contributed by atoms with Gasteiger partial charge in [-0.1, -0.05) is 12.1 Å². The molecule has 3 saturated heterocycles. The fraction of sp³-hybridized carbons (Fsp3) is 0.684. The molecule has 3 N–H and O–H groups in total. The topological polar surface area (TPSA) is 60.0 Å². The molecule has 1 aromatic rings. The Hall–Kier alpha value is -1.09. The van der Waals surface area contributed by atoms with Crippen molar-refractivity contribution in [3.8, 4) is 0 Å². The van der Waals surface area contributed by atoms with E-state index in [0.29, 0.717) is 19.1 Å². The Morgan fingerprint density at radius 3 is 2.92 bits per heavy atom. The number of ether oxygens (including phenoxy) is 1. The summed E-state index contributed by atoms with van der Waals surface area (Å²) in [6.45, 7) is 7.00. The van der Waals surface area contributed by atoms with Gasteiger partial charge in [-0.25, -0.2) is 9.82 Å². The van der Waals surface area contributed by atoms with Gasteiger partial charge in [0.1, 0.15) is 5.82 Å². The summed E-state index contributed by atoms with van der Waals surface area (Å²) in [5.41, 5.74) is 7.56. The van der Waals surface area contributed by atoms with Gasteiger partial charge in [-0.15, -0.1) is 0 Å². The van der Waals surface area contributed by atoms with Crippen LogP contribution in [0, 0.1) is 11.7 Å². The van der Waals surface area contributed by atoms with Gasteiger partial charge in [-0.2, -0.15) is 0 Å². The maximum absolute atomic E-state index is 13.6. The quantitative estimate of drug-likeness (QED) is 0.717. The van der Waals surface area contributed by atoms with Crippen LogP contribution in [0.1, 0.15) is 18.0 Å². The van der Waals surface area contributed by atoms with Gasteiger partial charge in [0.05, 0.1) is 31.4 Å². The summed E-state index contributed by atoms with van der Waals surface area (Å²) < 4.78 is 19.0. The third-order valence-corrected chi connectivity index (χ3v) is 5.91. The van der Waals surface area contributed by atoms with Gasteiger partial charge in [0.15, 0.2) is 0 Å². The molecule has 6 nitrogen and oxygen atoms in total. The lowest BCUT2D eigenvalue weighted by Crippen LogP contribution is -2.45. The lowest BCUT2D eigenvalue weighted by molar-refractivity contribution is 0.0834. The first-order valence-electron chi connectivity index (χ1n) is 9.67. The average Bonchev–Trinajstić information content (AvgIpc) is 3.20. The predicted molar refractivity (Wildman–Crippen MR) is 97.0 cm³/mol. The van der Waals surface area contributed by atoms with Crippen molar-refractivity contribution < 1.29 is 14.2 Å². The highest BCUT2D eigenvalue weighted by Crippen LogP contribution is 2.26. The van der Waals surface area contributed by atoms with Gasteiger partial charge in [-0.05, 0) is 37.2 Å². The Labute approximate surface area is 154 Å². The van der Waals surface area contributed by atoms with Crippen LogP contribution in [0.15, 0.2) is 24.3 Å². The molecular formula is C19H29FN4O2. The first kappa shape index (κ1) is 18.3. The number of halogens is 1. The molecule has 0 radical (unpaired) electrons. The Kier molecular flexibility index (Phi) is 5.83. The van der Waals surface area contributed by atoms with E-state index < -0.39 is 0 Å². The monoisotopic (exact) mass is 364 g/mol. The molecule has 4 rings (SSSR count). The van der Waals surface area contributed by atoms with Crippen LogP contribution in [0.5, 0.6) is 0 Å². The zero-order chi connectivity index (χ0) is 17.9. The van der Waals surface area contributed by atoms with E-state index in [4.69, 9.17) is 4.74 Å². The first-order chi connectivity index (χ1) is 12.7. The lowest BCUT2D eigenvalue weighted by Gasteiger charge is -2.29. The number of aliphatic hydroxyl groups is 1. The van der Waals surface area contributed by atoms with E-state index in [1.54, 1.807) is 12.1 Å². The number of aliphatic hydroxyl groups excluding tert-OH is 1. The zero-order valence-corrected chi connectivity index (χ0v) is 15.1. The van der Waals surface area contributed by atoms with Crippen LogP contribution < -0.4 is 10.9 Å². The second-order valence-corrected chi connectivity index (χ2v) is 7.68. The molecule has 0 saturated carbocycles. The minimum absolute atomic E-state index is 0.134. The summed E-state index contributed by atoms with van der Waals surface area (Å²) in [7, 11) is 0. The lowest BCUT2D eigenvalue weighted by atomic mass is 9.94. The van der Waals surface area contributed by atoms with Crippen LogP contribution in [0.2, 0.25) is 0 Å². The van der Waals surface area contributed by atoms with Crippen LogP contribution >= 0.6 is 0 Å². The van der Waals surface area contributed by atoms with Crippen molar-refractivity contribution >= 4 is 0 Å². The third-order valence-electron chi connectivity index (χ3n) is 5.91. The van der Waals surface area contributed by atoms with E-state index in [0.717, 1.165) is 51.3 Å². The second kappa shape index (κ2) is 8.29. The highest BCUT2D eigenvalue weighted by Gasteiger charge is 2.34. The van der Waals surface area contributed by atoms with Gasteiger partial charge < -0.3 is 14.7 Å². The summed E-state index contributed by atoms with van der Waals surface area (Å²) in [5, 5.41) is 10.1. The fourth-order valence-electron chi connectivity index (χ4n) is 4.48. The molecule has 0 aliphatic carbocycles. The summed E-state index contributed by atoms with van der Waals surface area (Å²) in [5.74, 6) is 0.224. The van der Waals surface area contributed by atoms with Gasteiger partial charge in [0, 0.05) is 32.1 Å². The van der Waals surface area contributed by atoms with Crippen molar-refractivity contribution in [2.75, 3.05) is 52.5 Å². The highest BCUT2D eigenvalue weighted by atomic mass is 19.1. The number of nitrogens with one attached hydrogen (secondary N) is 2. The Morgan fingerprint density at radius 1 is 1.19 bits per heavy atom. The molecule has 0 amide bonds. The van der Waals surface area contributed by atoms with Crippen molar-refractivity contribution in [3.63, 3.8) is 0 Å². The summed E-state index contributed by atoms with van der Waals surface area (Å²) in [6.07, 6.45) is 0.740. The van der Waals surface area contributed by atoms with Gasteiger partial charge in [0.25, 0.3) is 0 Å². The number of nitrogens with zero attached hydrogens (tertiary/aromatic N) is 2. The molecule has 0 bridgehead atoms. The third kappa shape index (κ3) is 4.08. The smallest absolute Gasteiger partial charge is 0.123 e. The molecule has 3 heterocycles. The van der Waals surface area contributed by atoms with Crippen molar-refractivity contribution in [3.05, 3.63) is 35.6 Å². The molecule has 7 heteroatoms. The molecule has 3 aliphatic rings. The number of hydrogen-bond acceptors (Lipinski definition) is 6. The maximum atomic E-state index is 13.6. The van der Waals surface area contributed by atoms with E-state index in [9.17, 15) is 9.50 Å². The second-order valence-electron chi connectivity index (χ2n) is 7.68. The molecule has 26 heavy (non-hydrogen) atoms. The Morgan fingerprint density at radius 2 is 2.12 bits per heavy atom. The predicted octanol–water partition coefficient (Wildman–Crippen LogP) is 0.358. The number of hydrogen-bond donors (Lipinski definition) is 3.